The van der Waals surface area contributed by atoms with Crippen molar-refractivity contribution in [2.45, 2.75) is 6.92 Å². The molecule has 0 aromatic carbocycles. The van der Waals surface area contributed by atoms with Crippen LogP contribution in [0.15, 0.2) is 6.58 Å². The van der Waals surface area contributed by atoms with E-state index in [1.165, 1.54) is 0 Å². The quantitative estimate of drug-likeness (QED) is 0.364. The van der Waals surface area contributed by atoms with Crippen LogP contribution in [0.25, 0.3) is 0 Å². The van der Waals surface area contributed by atoms with Gasteiger partial charge in [-0.25, -0.2) is 0 Å². The van der Waals surface area contributed by atoms with Crippen molar-refractivity contribution in [1.82, 2.24) is 0 Å². The van der Waals surface area contributed by atoms with E-state index in [9.17, 15) is 0 Å². The Balaban J connectivity index is 0. The molecule has 0 rings (SSSR count). The molecule has 0 amide bonds. The summed E-state index contributed by atoms with van der Waals surface area (Å²) in [4.78, 5) is 0. The van der Waals surface area contributed by atoms with E-state index in [0.29, 0.717) is 0 Å². The van der Waals surface area contributed by atoms with Gasteiger partial charge in [-0.2, -0.15) is 0 Å². The van der Waals surface area contributed by atoms with Gasteiger partial charge in [0.05, 0.1) is 0 Å². The summed E-state index contributed by atoms with van der Waals surface area (Å²) in [6.45, 7) is 5.00. The number of hydrogen-bond donors (Lipinski definition) is 0. The molecule has 0 unspecified atom stereocenters. The van der Waals surface area contributed by atoms with Crippen molar-refractivity contribution in [1.29, 1.82) is 0 Å². The second kappa shape index (κ2) is 9.00. The van der Waals surface area contributed by atoms with Gasteiger partial charge < -0.3 is 0 Å². The molecule has 4 heavy (non-hydrogen) atoms. The molecule has 1 heteroatoms. The Labute approximate surface area is 56.9 Å². The first-order valence-electron chi connectivity index (χ1n) is 0.854. The molecule has 0 aliphatic heterocycles. The van der Waals surface area contributed by atoms with Gasteiger partial charge in [0, 0.05) is 0 Å². The molecule has 0 nitrogen and oxygen atoms in total. The van der Waals surface area contributed by atoms with Crippen molar-refractivity contribution in [3.63, 3.8) is 0 Å². The van der Waals surface area contributed by atoms with Gasteiger partial charge in [-0.3, -0.25) is 0 Å². The third kappa shape index (κ3) is 12.0. The average molecular weight is 83.2 g/mol. The third-order valence-electron chi connectivity index (χ3n) is 0. The molecule has 0 fully saturated rings. The average Bonchev–Trinajstić information content (AvgIpc) is 0.918. The van der Waals surface area contributed by atoms with Gasteiger partial charge in [0.25, 0.3) is 0 Å². The predicted octanol–water partition coefficient (Wildman–Crippen LogP) is 0.0793. The molecule has 0 aromatic rings. The second-order valence-corrected chi connectivity index (χ2v) is 0.354. The van der Waals surface area contributed by atoms with E-state index < -0.39 is 0 Å². The maximum atomic E-state index is 3.24. The normalized spacial score (nSPS) is 3.25. The van der Waals surface area contributed by atoms with Gasteiger partial charge in [-0.05, 0) is 6.92 Å². The molecule has 0 saturated heterocycles. The molecule has 0 N–H and O–H groups in total. The van der Waals surface area contributed by atoms with Crippen molar-refractivity contribution in [3.05, 3.63) is 12.7 Å². The van der Waals surface area contributed by atoms with E-state index in [4.69, 9.17) is 0 Å². The topological polar surface area (TPSA) is 0 Å². The fourth-order valence-electron chi connectivity index (χ4n) is 0. The number of rotatable bonds is 0. The first kappa shape index (κ1) is 8.89. The van der Waals surface area contributed by atoms with Gasteiger partial charge in [-0.1, -0.05) is 12.7 Å². The van der Waals surface area contributed by atoms with Crippen LogP contribution in [-0.4, -0.2) is 37.7 Å². The van der Waals surface area contributed by atoms with E-state index in [0.717, 1.165) is 0 Å². The SMILES string of the molecule is C=[C]C.[CaH2]. The second-order valence-electron chi connectivity index (χ2n) is 0.354. The third-order valence-corrected chi connectivity index (χ3v) is 0. The molecular formula is C3H7Ca. The van der Waals surface area contributed by atoms with Crippen LogP contribution in [0.2, 0.25) is 0 Å². The zero-order valence-corrected chi connectivity index (χ0v) is 2.21. The molecule has 0 aromatic heterocycles. The van der Waals surface area contributed by atoms with E-state index in [1.807, 2.05) is 0 Å². The predicted molar refractivity (Wildman–Crippen MR) is 23.1 cm³/mol. The van der Waals surface area contributed by atoms with Gasteiger partial charge in [0.1, 0.15) is 0 Å². The van der Waals surface area contributed by atoms with E-state index in [-0.39, 0.29) is 37.7 Å². The maximum absolute atomic E-state index is 3.24. The van der Waals surface area contributed by atoms with Crippen LogP contribution in [0.1, 0.15) is 6.92 Å². The number of allylic oxidation sites excluding steroid dienone is 1. The monoisotopic (exact) mass is 83.0 g/mol. The summed E-state index contributed by atoms with van der Waals surface area (Å²) in [6, 6.07) is 0. The summed E-state index contributed by atoms with van der Waals surface area (Å²) in [5.74, 6) is 0. The van der Waals surface area contributed by atoms with Crippen LogP contribution in [0.3, 0.4) is 0 Å². The molecule has 0 atom stereocenters. The Hall–Kier alpha value is 1.000. The fraction of sp³-hybridized carbons (Fsp3) is 0.333. The molecule has 1 radical (unpaired) electrons. The van der Waals surface area contributed by atoms with Crippen molar-refractivity contribution in [2.24, 2.45) is 0 Å². The summed E-state index contributed by atoms with van der Waals surface area (Å²) in [6.07, 6.45) is 2.50. The molecule has 0 aliphatic rings. The summed E-state index contributed by atoms with van der Waals surface area (Å²) in [7, 11) is 0. The van der Waals surface area contributed by atoms with Crippen molar-refractivity contribution in [3.8, 4) is 0 Å². The molecule has 0 aliphatic carbocycles. The van der Waals surface area contributed by atoms with E-state index >= 15 is 0 Å². The van der Waals surface area contributed by atoms with Crippen LogP contribution in [0, 0.1) is 6.08 Å². The summed E-state index contributed by atoms with van der Waals surface area (Å²) in [5, 5.41) is 0. The van der Waals surface area contributed by atoms with E-state index in [2.05, 4.69) is 12.7 Å². The summed E-state index contributed by atoms with van der Waals surface area (Å²) in [5.41, 5.74) is 0. The zero-order chi connectivity index (χ0) is 2.71. The summed E-state index contributed by atoms with van der Waals surface area (Å²) < 4.78 is 0. The van der Waals surface area contributed by atoms with Crippen LogP contribution in [0.4, 0.5) is 0 Å². The molecule has 0 heterocycles. The Morgan fingerprint density at radius 2 is 1.75 bits per heavy atom. The van der Waals surface area contributed by atoms with Gasteiger partial charge in [-0.15, -0.1) is 0 Å². The van der Waals surface area contributed by atoms with Crippen molar-refractivity contribution < 1.29 is 0 Å². The number of hydrogen-bond acceptors (Lipinski definition) is 0. The zero-order valence-electron chi connectivity index (χ0n) is 2.21. The Morgan fingerprint density at radius 1 is 1.75 bits per heavy atom. The molecule has 0 spiro atoms. The minimum absolute atomic E-state index is 0. The Kier molecular flexibility index (Phi) is 20.0. The molecular weight excluding hydrogens is 76.1 g/mol. The first-order valence-corrected chi connectivity index (χ1v) is 0.854. The van der Waals surface area contributed by atoms with Crippen LogP contribution >= 0.6 is 0 Å². The van der Waals surface area contributed by atoms with Crippen molar-refractivity contribution >= 4 is 37.7 Å². The van der Waals surface area contributed by atoms with Crippen LogP contribution in [-0.2, 0) is 0 Å². The molecule has 21 valence electrons. The Bertz CT molecular complexity index is 10.8. The van der Waals surface area contributed by atoms with Gasteiger partial charge in [0.2, 0.25) is 0 Å². The molecule has 0 bridgehead atoms. The van der Waals surface area contributed by atoms with Crippen molar-refractivity contribution in [2.75, 3.05) is 0 Å². The van der Waals surface area contributed by atoms with Gasteiger partial charge in [0.15, 0.2) is 0 Å². The molecule has 0 saturated carbocycles. The fourth-order valence-corrected chi connectivity index (χ4v) is 0. The summed E-state index contributed by atoms with van der Waals surface area (Å²) >= 11 is 0. The van der Waals surface area contributed by atoms with E-state index in [1.54, 1.807) is 6.92 Å². The first-order chi connectivity index (χ1) is 1.41. The Morgan fingerprint density at radius 3 is 1.75 bits per heavy atom. The van der Waals surface area contributed by atoms with Gasteiger partial charge >= 0.3 is 37.7 Å². The van der Waals surface area contributed by atoms with Crippen LogP contribution < -0.4 is 0 Å². The standard InChI is InChI=1S/C3H5.Ca.2H/c1-3-2;;;/h1H2,2H3;;;. The minimum atomic E-state index is 0. The van der Waals surface area contributed by atoms with Crippen LogP contribution in [0.5, 0.6) is 0 Å².